The van der Waals surface area contributed by atoms with E-state index in [-0.39, 0.29) is 7.43 Å². The Kier molecular flexibility index (Phi) is 12.6. The molecule has 0 bridgehead atoms. The molecule has 4 aromatic carbocycles. The fourth-order valence-corrected chi connectivity index (χ4v) is 3.61. The second kappa shape index (κ2) is 16.4. The molecule has 0 aromatic heterocycles. The Morgan fingerprint density at radius 3 is 1.15 bits per heavy atom. The molecule has 0 spiro atoms. The van der Waals surface area contributed by atoms with Crippen LogP contribution in [-0.4, -0.2) is 38.6 Å². The Hall–Kier alpha value is -3.60. The maximum absolute atomic E-state index is 5.40. The molecule has 2 aliphatic rings. The number of hydrogen-bond donors (Lipinski definition) is 0. The van der Waals surface area contributed by atoms with Gasteiger partial charge in [-0.3, -0.25) is 0 Å². The Bertz CT molecular complexity index is 1070. The second-order valence-corrected chi connectivity index (χ2v) is 9.26. The van der Waals surface area contributed by atoms with Crippen LogP contribution in [0.4, 0.5) is 0 Å². The molecule has 2 atom stereocenters. The molecule has 4 nitrogen and oxygen atoms in total. The number of epoxide rings is 2. The molecule has 0 N–H and O–H groups in total. The smallest absolute Gasteiger partial charge is 0.119 e. The molecule has 2 unspecified atom stereocenters. The third-order valence-electron chi connectivity index (χ3n) is 6.22. The topological polar surface area (TPSA) is 43.5 Å². The third-order valence-corrected chi connectivity index (χ3v) is 6.22. The van der Waals surface area contributed by atoms with Gasteiger partial charge in [0.1, 0.15) is 36.9 Å². The van der Waals surface area contributed by atoms with E-state index in [0.29, 0.717) is 25.4 Å². The average molecular weight is 527 g/mol. The summed E-state index contributed by atoms with van der Waals surface area (Å²) in [5.41, 5.74) is 5.41. The van der Waals surface area contributed by atoms with Crippen molar-refractivity contribution >= 4 is 0 Å². The van der Waals surface area contributed by atoms with E-state index < -0.39 is 0 Å². The molecular weight excluding hydrogens is 484 g/mol. The van der Waals surface area contributed by atoms with Crippen molar-refractivity contribution in [3.8, 4) is 22.6 Å². The van der Waals surface area contributed by atoms with Crippen LogP contribution in [0.3, 0.4) is 0 Å². The van der Waals surface area contributed by atoms with Crippen LogP contribution in [0.1, 0.15) is 32.4 Å². The summed E-state index contributed by atoms with van der Waals surface area (Å²) in [6, 6.07) is 37.3. The first-order valence-corrected chi connectivity index (χ1v) is 13.5. The van der Waals surface area contributed by atoms with Crippen LogP contribution in [0.5, 0.6) is 11.5 Å². The van der Waals surface area contributed by atoms with Gasteiger partial charge in [-0.25, -0.2) is 0 Å². The number of benzene rings is 4. The molecular formula is C35H42O4. The number of para-hydroxylation sites is 2. The highest BCUT2D eigenvalue weighted by molar-refractivity contribution is 5.63. The number of aryl methyl sites for hydroxylation is 2. The van der Waals surface area contributed by atoms with Gasteiger partial charge in [0.15, 0.2) is 0 Å². The fraction of sp³-hybridized carbons (Fsp3) is 0.314. The van der Waals surface area contributed by atoms with Gasteiger partial charge in [-0.05, 0) is 59.4 Å². The van der Waals surface area contributed by atoms with Gasteiger partial charge in [0.05, 0.1) is 13.2 Å². The largest absolute Gasteiger partial charge is 0.491 e. The predicted octanol–water partition coefficient (Wildman–Crippen LogP) is 8.04. The minimum Gasteiger partial charge on any atom is -0.491 e. The van der Waals surface area contributed by atoms with Crippen molar-refractivity contribution in [2.24, 2.45) is 0 Å². The van der Waals surface area contributed by atoms with E-state index in [1.54, 1.807) is 0 Å². The van der Waals surface area contributed by atoms with Gasteiger partial charge in [-0.2, -0.15) is 0 Å². The maximum Gasteiger partial charge on any atom is 0.119 e. The van der Waals surface area contributed by atoms with Crippen LogP contribution in [-0.2, 0) is 22.3 Å². The van der Waals surface area contributed by atoms with E-state index in [1.165, 1.54) is 22.3 Å². The lowest BCUT2D eigenvalue weighted by Crippen LogP contribution is -2.03. The molecule has 2 fully saturated rings. The molecule has 6 rings (SSSR count). The van der Waals surface area contributed by atoms with Crippen molar-refractivity contribution < 1.29 is 18.9 Å². The summed E-state index contributed by atoms with van der Waals surface area (Å²) >= 11 is 0. The molecule has 2 aliphatic heterocycles. The average Bonchev–Trinajstić information content (AvgIpc) is 3.93. The molecule has 2 saturated heterocycles. The van der Waals surface area contributed by atoms with Crippen LogP contribution in [0.15, 0.2) is 109 Å². The zero-order valence-electron chi connectivity index (χ0n) is 22.4. The molecule has 39 heavy (non-hydrogen) atoms. The Morgan fingerprint density at radius 1 is 0.538 bits per heavy atom. The zero-order valence-corrected chi connectivity index (χ0v) is 22.4. The van der Waals surface area contributed by atoms with Gasteiger partial charge in [0, 0.05) is 0 Å². The lowest BCUT2D eigenvalue weighted by molar-refractivity contribution is 0.263. The first-order chi connectivity index (χ1) is 18.7. The first kappa shape index (κ1) is 29.9. The van der Waals surface area contributed by atoms with Crippen LogP contribution in [0.25, 0.3) is 11.1 Å². The Labute approximate surface area is 234 Å². The van der Waals surface area contributed by atoms with Crippen molar-refractivity contribution in [3.05, 3.63) is 120 Å². The van der Waals surface area contributed by atoms with Crippen LogP contribution >= 0.6 is 0 Å². The van der Waals surface area contributed by atoms with Gasteiger partial charge in [-0.1, -0.05) is 106 Å². The molecule has 206 valence electrons. The summed E-state index contributed by atoms with van der Waals surface area (Å²) < 4.78 is 20.8. The normalized spacial score (nSPS) is 16.3. The quantitative estimate of drug-likeness (QED) is 0.207. The van der Waals surface area contributed by atoms with Gasteiger partial charge in [-0.15, -0.1) is 0 Å². The molecule has 4 heteroatoms. The molecule has 0 saturated carbocycles. The summed E-state index contributed by atoms with van der Waals surface area (Å²) in [7, 11) is 0. The lowest BCUT2D eigenvalue weighted by atomic mass is 10.0. The number of rotatable bonds is 9. The summed E-state index contributed by atoms with van der Waals surface area (Å²) in [6.45, 7) is 7.45. The monoisotopic (exact) mass is 526 g/mol. The zero-order chi connectivity index (χ0) is 26.4. The number of ether oxygens (including phenoxy) is 4. The van der Waals surface area contributed by atoms with E-state index in [1.807, 2.05) is 60.7 Å². The molecule has 2 heterocycles. The molecule has 0 aliphatic carbocycles. The van der Waals surface area contributed by atoms with E-state index in [9.17, 15) is 0 Å². The van der Waals surface area contributed by atoms with E-state index >= 15 is 0 Å². The minimum atomic E-state index is 0. The summed E-state index contributed by atoms with van der Waals surface area (Å²) in [5.74, 6) is 1.84. The first-order valence-electron chi connectivity index (χ1n) is 13.5. The number of hydrogen-bond acceptors (Lipinski definition) is 4. The van der Waals surface area contributed by atoms with Gasteiger partial charge < -0.3 is 18.9 Å². The van der Waals surface area contributed by atoms with Gasteiger partial charge in [0.2, 0.25) is 0 Å². The minimum absolute atomic E-state index is 0. The molecule has 0 amide bonds. The fourth-order valence-electron chi connectivity index (χ4n) is 3.61. The van der Waals surface area contributed by atoms with Crippen LogP contribution < -0.4 is 9.47 Å². The Balaban J connectivity index is 0.000000164. The van der Waals surface area contributed by atoms with Crippen molar-refractivity contribution in [1.29, 1.82) is 0 Å². The summed E-state index contributed by atoms with van der Waals surface area (Å²) in [5, 5.41) is 0. The SMILES string of the molecule is C.CCc1ccc(-c2ccc(CC)cc2)cc1.c1ccc(OCC2CO2)cc1.c1ccc(OCC2CO2)cc1. The van der Waals surface area contributed by atoms with Crippen LogP contribution in [0, 0.1) is 0 Å². The van der Waals surface area contributed by atoms with Crippen LogP contribution in [0.2, 0.25) is 0 Å². The van der Waals surface area contributed by atoms with Gasteiger partial charge in [0.25, 0.3) is 0 Å². The lowest BCUT2D eigenvalue weighted by Gasteiger charge is -2.04. The highest BCUT2D eigenvalue weighted by Crippen LogP contribution is 2.21. The summed E-state index contributed by atoms with van der Waals surface area (Å²) in [4.78, 5) is 0. The van der Waals surface area contributed by atoms with Crippen molar-refractivity contribution in [2.45, 2.75) is 46.3 Å². The van der Waals surface area contributed by atoms with Gasteiger partial charge >= 0.3 is 0 Å². The molecule has 4 aromatic rings. The highest BCUT2D eigenvalue weighted by Gasteiger charge is 2.23. The maximum atomic E-state index is 5.40. The van der Waals surface area contributed by atoms with Crippen molar-refractivity contribution in [1.82, 2.24) is 0 Å². The third kappa shape index (κ3) is 11.4. The second-order valence-electron chi connectivity index (χ2n) is 9.26. The van der Waals surface area contributed by atoms with E-state index in [2.05, 4.69) is 62.4 Å². The predicted molar refractivity (Wildman–Crippen MR) is 161 cm³/mol. The van der Waals surface area contributed by atoms with Crippen molar-refractivity contribution in [2.75, 3.05) is 26.4 Å². The molecule has 0 radical (unpaired) electrons. The van der Waals surface area contributed by atoms with Crippen molar-refractivity contribution in [3.63, 3.8) is 0 Å². The Morgan fingerprint density at radius 2 is 0.872 bits per heavy atom. The van der Waals surface area contributed by atoms with E-state index in [4.69, 9.17) is 18.9 Å². The highest BCUT2D eigenvalue weighted by atomic mass is 16.6. The summed E-state index contributed by atoms with van der Waals surface area (Å²) in [6.07, 6.45) is 2.90. The van der Waals surface area contributed by atoms with E-state index in [0.717, 1.165) is 37.6 Å². The standard InChI is InChI=1S/C16H18.2C9H10O2.CH4/c1-3-13-5-9-15(10-6-13)16-11-7-14(4-2)8-12-16;2*1-2-4-8(5-3-1)10-6-9-7-11-9;/h5-12H,3-4H2,1-2H3;2*1-5,9H,6-7H2;1H4.